The third-order valence-corrected chi connectivity index (χ3v) is 4.44. The fraction of sp³-hybridized carbons (Fsp3) is 0.333. The van der Waals surface area contributed by atoms with Crippen molar-refractivity contribution in [2.24, 2.45) is 0 Å². The highest BCUT2D eigenvalue weighted by Gasteiger charge is 2.29. The van der Waals surface area contributed by atoms with Gasteiger partial charge in [-0.25, -0.2) is 4.98 Å². The van der Waals surface area contributed by atoms with Crippen LogP contribution in [0.3, 0.4) is 0 Å². The second kappa shape index (κ2) is 4.93. The van der Waals surface area contributed by atoms with Crippen molar-refractivity contribution in [1.29, 1.82) is 0 Å². The Morgan fingerprint density at radius 2 is 2.21 bits per heavy atom. The molecule has 98 valence electrons. The maximum atomic E-state index is 11.9. The second-order valence-electron chi connectivity index (χ2n) is 4.92. The number of hydrogen-bond donors (Lipinski definition) is 1. The van der Waals surface area contributed by atoms with Gasteiger partial charge in [-0.15, -0.1) is 0 Å². The molecule has 1 aromatic carbocycles. The van der Waals surface area contributed by atoms with Crippen LogP contribution in [0.5, 0.6) is 0 Å². The largest absolute Gasteiger partial charge is 0.309 e. The lowest BCUT2D eigenvalue weighted by Gasteiger charge is -2.29. The lowest BCUT2D eigenvalue weighted by molar-refractivity contribution is 0.645. The number of benzene rings is 1. The first kappa shape index (κ1) is 12.6. The van der Waals surface area contributed by atoms with Crippen LogP contribution in [0, 0.1) is 0 Å². The van der Waals surface area contributed by atoms with Crippen molar-refractivity contribution in [3.63, 3.8) is 0 Å². The highest BCUT2D eigenvalue weighted by Crippen LogP contribution is 2.38. The lowest BCUT2D eigenvalue weighted by atomic mass is 9.77. The van der Waals surface area contributed by atoms with Crippen LogP contribution in [-0.2, 0) is 12.8 Å². The summed E-state index contributed by atoms with van der Waals surface area (Å²) in [5.41, 5.74) is 3.44. The van der Waals surface area contributed by atoms with Crippen LogP contribution in [0.25, 0.3) is 0 Å². The number of H-pyrrole nitrogens is 1. The van der Waals surface area contributed by atoms with Gasteiger partial charge in [0.2, 0.25) is 0 Å². The van der Waals surface area contributed by atoms with Crippen molar-refractivity contribution in [2.45, 2.75) is 32.1 Å². The van der Waals surface area contributed by atoms with Crippen LogP contribution in [0.2, 0.25) is 0 Å². The fourth-order valence-electron chi connectivity index (χ4n) is 2.59. The summed E-state index contributed by atoms with van der Waals surface area (Å²) in [4.78, 5) is 19.5. The molecule has 2 aromatic rings. The highest BCUT2D eigenvalue weighted by atomic mass is 79.9. The van der Waals surface area contributed by atoms with E-state index in [-0.39, 0.29) is 11.5 Å². The van der Waals surface area contributed by atoms with Crippen molar-refractivity contribution in [3.8, 4) is 0 Å². The molecule has 3 nitrogen and oxygen atoms in total. The second-order valence-corrected chi connectivity index (χ2v) is 5.71. The van der Waals surface area contributed by atoms with Crippen molar-refractivity contribution < 1.29 is 0 Å². The zero-order valence-electron chi connectivity index (χ0n) is 10.7. The van der Waals surface area contributed by atoms with Gasteiger partial charge in [-0.05, 0) is 39.9 Å². The predicted octanol–water partition coefficient (Wildman–Crippen LogP) is 3.17. The normalized spacial score (nSPS) is 16.8. The van der Waals surface area contributed by atoms with Crippen molar-refractivity contribution in [2.75, 3.05) is 0 Å². The summed E-state index contributed by atoms with van der Waals surface area (Å²) in [5.74, 6) is 1.04. The molecule has 0 amide bonds. The number of aromatic nitrogens is 2. The minimum Gasteiger partial charge on any atom is -0.309 e. The van der Waals surface area contributed by atoms with Crippen molar-refractivity contribution in [1.82, 2.24) is 9.97 Å². The summed E-state index contributed by atoms with van der Waals surface area (Å²) >= 11 is 3.33. The van der Waals surface area contributed by atoms with Gasteiger partial charge >= 0.3 is 0 Å². The highest BCUT2D eigenvalue weighted by molar-refractivity contribution is 9.10. The van der Waals surface area contributed by atoms with Gasteiger partial charge in [0.15, 0.2) is 0 Å². The molecule has 1 N–H and O–H groups in total. The minimum atomic E-state index is -0.0715. The molecule has 0 saturated carbocycles. The number of nitrogens with one attached hydrogen (secondary N) is 1. The van der Waals surface area contributed by atoms with Crippen LogP contribution in [0.4, 0.5) is 0 Å². The van der Waals surface area contributed by atoms with E-state index in [1.165, 1.54) is 11.1 Å². The van der Waals surface area contributed by atoms with Crippen molar-refractivity contribution in [3.05, 3.63) is 61.7 Å². The van der Waals surface area contributed by atoms with E-state index >= 15 is 0 Å². The molecular formula is C15H15BrN2O. The maximum absolute atomic E-state index is 11.9. The number of halogens is 1. The van der Waals surface area contributed by atoms with E-state index in [4.69, 9.17) is 0 Å². The summed E-state index contributed by atoms with van der Waals surface area (Å²) in [7, 11) is 0. The Balaban J connectivity index is 2.02. The molecule has 0 spiro atoms. The number of rotatable bonds is 3. The number of fused-ring (bicyclic) bond motifs is 1. The molecule has 0 radical (unpaired) electrons. The van der Waals surface area contributed by atoms with E-state index in [0.717, 1.165) is 30.8 Å². The number of nitrogens with zero attached hydrogens (tertiary/aromatic N) is 1. The van der Waals surface area contributed by atoms with Gasteiger partial charge in [0, 0.05) is 5.92 Å². The molecule has 1 unspecified atom stereocenters. The van der Waals surface area contributed by atoms with Crippen LogP contribution < -0.4 is 5.56 Å². The van der Waals surface area contributed by atoms with E-state index in [2.05, 4.69) is 51.0 Å². The molecule has 19 heavy (non-hydrogen) atoms. The summed E-state index contributed by atoms with van der Waals surface area (Å²) in [6.45, 7) is 2.09. The summed E-state index contributed by atoms with van der Waals surface area (Å²) < 4.78 is 0.575. The van der Waals surface area contributed by atoms with Gasteiger partial charge in [-0.3, -0.25) is 4.79 Å². The third-order valence-electron chi connectivity index (χ3n) is 3.62. The molecule has 0 aliphatic heterocycles. The third kappa shape index (κ3) is 2.14. The van der Waals surface area contributed by atoms with Crippen LogP contribution in [0.15, 0.2) is 33.5 Å². The topological polar surface area (TPSA) is 45.8 Å². The predicted molar refractivity (Wildman–Crippen MR) is 78.5 cm³/mol. The molecule has 1 heterocycles. The average molecular weight is 319 g/mol. The minimum absolute atomic E-state index is 0.0715. The Hall–Kier alpha value is -1.42. The molecule has 3 rings (SSSR count). The van der Waals surface area contributed by atoms with Crippen LogP contribution >= 0.6 is 15.9 Å². The standard InChI is InChI=1S/C15H15BrN2O/c1-2-5-12-13(16)15(19)18-14(17-12)11-8-9-6-3-4-7-10(9)11/h3-4,6-7,11H,2,5,8H2,1H3,(H,17,18,19). The van der Waals surface area contributed by atoms with Crippen molar-refractivity contribution >= 4 is 15.9 Å². The van der Waals surface area contributed by atoms with Gasteiger partial charge < -0.3 is 4.98 Å². The first-order valence-electron chi connectivity index (χ1n) is 6.57. The van der Waals surface area contributed by atoms with Gasteiger partial charge in [0.1, 0.15) is 10.3 Å². The molecule has 0 bridgehead atoms. The Labute approximate surface area is 120 Å². The SMILES string of the molecule is CCCc1nc(C2Cc3ccccc32)[nH]c(=O)c1Br. The van der Waals surface area contributed by atoms with E-state index in [0.29, 0.717) is 4.47 Å². The molecule has 0 saturated heterocycles. The molecule has 4 heteroatoms. The van der Waals surface area contributed by atoms with E-state index < -0.39 is 0 Å². The van der Waals surface area contributed by atoms with Gasteiger partial charge in [0.05, 0.1) is 5.69 Å². The summed E-state index contributed by atoms with van der Waals surface area (Å²) in [6, 6.07) is 8.34. The number of aryl methyl sites for hydroxylation is 1. The zero-order chi connectivity index (χ0) is 13.4. The lowest BCUT2D eigenvalue weighted by Crippen LogP contribution is -2.25. The van der Waals surface area contributed by atoms with Gasteiger partial charge in [-0.1, -0.05) is 37.6 Å². The van der Waals surface area contributed by atoms with Crippen LogP contribution in [0.1, 0.15) is 41.9 Å². The number of hydrogen-bond acceptors (Lipinski definition) is 2. The quantitative estimate of drug-likeness (QED) is 0.944. The number of aromatic amines is 1. The molecule has 1 aliphatic carbocycles. The van der Waals surface area contributed by atoms with Crippen LogP contribution in [-0.4, -0.2) is 9.97 Å². The van der Waals surface area contributed by atoms with E-state index in [9.17, 15) is 4.79 Å². The Morgan fingerprint density at radius 1 is 1.42 bits per heavy atom. The van der Waals surface area contributed by atoms with Gasteiger partial charge in [-0.2, -0.15) is 0 Å². The Kier molecular flexibility index (Phi) is 3.27. The van der Waals surface area contributed by atoms with Gasteiger partial charge in [0.25, 0.3) is 5.56 Å². The molecule has 1 aromatic heterocycles. The summed E-state index contributed by atoms with van der Waals surface area (Å²) in [6.07, 6.45) is 2.77. The first-order valence-corrected chi connectivity index (χ1v) is 7.36. The Morgan fingerprint density at radius 3 is 2.95 bits per heavy atom. The van der Waals surface area contributed by atoms with E-state index in [1.807, 2.05) is 6.07 Å². The summed E-state index contributed by atoms with van der Waals surface area (Å²) in [5, 5.41) is 0. The molecule has 1 atom stereocenters. The molecule has 1 aliphatic rings. The fourth-order valence-corrected chi connectivity index (χ4v) is 2.98. The maximum Gasteiger partial charge on any atom is 0.265 e. The zero-order valence-corrected chi connectivity index (χ0v) is 12.3. The average Bonchev–Trinajstić information content (AvgIpc) is 2.37. The Bertz CT molecular complexity index is 678. The van der Waals surface area contributed by atoms with E-state index in [1.54, 1.807) is 0 Å². The molecular weight excluding hydrogens is 304 g/mol. The first-order chi connectivity index (χ1) is 9.20. The smallest absolute Gasteiger partial charge is 0.265 e. The molecule has 0 fully saturated rings. The monoisotopic (exact) mass is 318 g/mol.